The minimum atomic E-state index is -3.59. The van der Waals surface area contributed by atoms with E-state index in [1.54, 1.807) is 11.8 Å². The lowest BCUT2D eigenvalue weighted by molar-refractivity contribution is 0.488. The average molecular weight is 306 g/mol. The van der Waals surface area contributed by atoms with Crippen LogP contribution in [-0.4, -0.2) is 38.3 Å². The van der Waals surface area contributed by atoms with Crippen LogP contribution in [0.15, 0.2) is 17.0 Å². The summed E-state index contributed by atoms with van der Waals surface area (Å²) in [5.74, 6) is 0.271. The van der Waals surface area contributed by atoms with Crippen molar-refractivity contribution in [3.63, 3.8) is 0 Å². The van der Waals surface area contributed by atoms with E-state index in [1.165, 1.54) is 30.4 Å². The van der Waals surface area contributed by atoms with E-state index in [1.807, 2.05) is 6.26 Å². The highest BCUT2D eigenvalue weighted by atomic mass is 32.2. The number of rotatable bonds is 6. The van der Waals surface area contributed by atoms with Crippen molar-refractivity contribution in [2.75, 3.05) is 25.6 Å². The van der Waals surface area contributed by atoms with Gasteiger partial charge in [-0.15, -0.1) is 0 Å². The van der Waals surface area contributed by atoms with Crippen molar-refractivity contribution in [1.29, 1.82) is 0 Å². The van der Waals surface area contributed by atoms with Gasteiger partial charge in [-0.1, -0.05) is 0 Å². The van der Waals surface area contributed by atoms with Crippen LogP contribution in [0.4, 0.5) is 4.39 Å². The first-order valence-corrected chi connectivity index (χ1v) is 8.62. The van der Waals surface area contributed by atoms with Gasteiger partial charge in [0.05, 0.1) is 4.90 Å². The molecule has 19 heavy (non-hydrogen) atoms. The van der Waals surface area contributed by atoms with Gasteiger partial charge in [-0.3, -0.25) is 0 Å². The molecule has 0 aliphatic rings. The quantitative estimate of drug-likeness (QED) is 0.866. The number of halogens is 1. The molecule has 0 aromatic heterocycles. The molecule has 0 amide bonds. The SMILES string of the molecule is CSCCN(C)S(=O)(=O)c1cc(C)c(F)c(CN)c1. The molecule has 0 bridgehead atoms. The van der Waals surface area contributed by atoms with Crippen LogP contribution in [0.2, 0.25) is 0 Å². The van der Waals surface area contributed by atoms with Crippen molar-refractivity contribution in [2.45, 2.75) is 18.4 Å². The second kappa shape index (κ2) is 6.69. The molecule has 0 atom stereocenters. The molecule has 0 fully saturated rings. The van der Waals surface area contributed by atoms with Crippen LogP contribution in [0, 0.1) is 12.7 Å². The van der Waals surface area contributed by atoms with Gasteiger partial charge in [-0.2, -0.15) is 11.8 Å². The van der Waals surface area contributed by atoms with Gasteiger partial charge in [0.15, 0.2) is 0 Å². The zero-order valence-electron chi connectivity index (χ0n) is 11.3. The van der Waals surface area contributed by atoms with Crippen molar-refractivity contribution in [3.8, 4) is 0 Å². The summed E-state index contributed by atoms with van der Waals surface area (Å²) in [6, 6.07) is 2.66. The lowest BCUT2D eigenvalue weighted by atomic mass is 10.1. The van der Waals surface area contributed by atoms with Crippen molar-refractivity contribution >= 4 is 21.8 Å². The van der Waals surface area contributed by atoms with E-state index >= 15 is 0 Å². The first kappa shape index (κ1) is 16.4. The Bertz CT molecular complexity index is 547. The average Bonchev–Trinajstić information content (AvgIpc) is 2.38. The summed E-state index contributed by atoms with van der Waals surface area (Å²) in [6.07, 6.45) is 1.91. The third-order valence-electron chi connectivity index (χ3n) is 2.84. The Balaban J connectivity index is 3.18. The van der Waals surface area contributed by atoms with Gasteiger partial charge in [-0.25, -0.2) is 17.1 Å². The lowest BCUT2D eigenvalue weighted by Crippen LogP contribution is -2.29. The third-order valence-corrected chi connectivity index (χ3v) is 5.27. The number of thioether (sulfide) groups is 1. The highest BCUT2D eigenvalue weighted by molar-refractivity contribution is 7.98. The van der Waals surface area contributed by atoms with Gasteiger partial charge in [0.2, 0.25) is 10.0 Å². The molecule has 7 heteroatoms. The molecule has 108 valence electrons. The predicted molar refractivity (Wildman–Crippen MR) is 77.2 cm³/mol. The number of nitrogens with zero attached hydrogens (tertiary/aromatic N) is 1. The summed E-state index contributed by atoms with van der Waals surface area (Å²) in [6.45, 7) is 1.93. The standard InChI is InChI=1S/C12H19FN2O2S2/c1-9-6-11(7-10(8-14)12(9)13)19(16,17)15(2)4-5-18-3/h6-7H,4-5,8,14H2,1-3H3. The molecule has 1 rings (SSSR count). The fourth-order valence-corrected chi connectivity index (χ4v) is 3.50. The Kier molecular flexibility index (Phi) is 5.79. The third kappa shape index (κ3) is 3.68. The maximum atomic E-state index is 13.7. The van der Waals surface area contributed by atoms with E-state index in [-0.39, 0.29) is 17.0 Å². The van der Waals surface area contributed by atoms with Crippen LogP contribution in [0.1, 0.15) is 11.1 Å². The van der Waals surface area contributed by atoms with E-state index < -0.39 is 15.8 Å². The second-order valence-electron chi connectivity index (χ2n) is 4.24. The highest BCUT2D eigenvalue weighted by Crippen LogP contribution is 2.21. The van der Waals surface area contributed by atoms with E-state index in [4.69, 9.17) is 5.73 Å². The maximum Gasteiger partial charge on any atom is 0.242 e. The summed E-state index contributed by atoms with van der Waals surface area (Å²) in [5.41, 5.74) is 5.95. The first-order valence-electron chi connectivity index (χ1n) is 5.79. The van der Waals surface area contributed by atoms with Gasteiger partial charge >= 0.3 is 0 Å². The Morgan fingerprint density at radius 3 is 2.58 bits per heavy atom. The van der Waals surface area contributed by atoms with E-state index in [0.29, 0.717) is 17.9 Å². The number of sulfonamides is 1. The maximum absolute atomic E-state index is 13.7. The normalized spacial score (nSPS) is 12.1. The second-order valence-corrected chi connectivity index (χ2v) is 7.27. The Morgan fingerprint density at radius 1 is 1.42 bits per heavy atom. The number of aryl methyl sites for hydroxylation is 1. The Morgan fingerprint density at radius 2 is 2.05 bits per heavy atom. The largest absolute Gasteiger partial charge is 0.326 e. The van der Waals surface area contributed by atoms with Gasteiger partial charge in [0.1, 0.15) is 5.82 Å². The number of hydrogen-bond acceptors (Lipinski definition) is 4. The van der Waals surface area contributed by atoms with E-state index in [9.17, 15) is 12.8 Å². The zero-order valence-corrected chi connectivity index (χ0v) is 12.9. The highest BCUT2D eigenvalue weighted by Gasteiger charge is 2.22. The molecule has 0 aliphatic heterocycles. The van der Waals surface area contributed by atoms with Gasteiger partial charge in [-0.05, 0) is 30.9 Å². The number of hydrogen-bond donors (Lipinski definition) is 1. The molecule has 0 aliphatic carbocycles. The minimum Gasteiger partial charge on any atom is -0.326 e. The van der Waals surface area contributed by atoms with Crippen LogP contribution in [-0.2, 0) is 16.6 Å². The van der Waals surface area contributed by atoms with Gasteiger partial charge in [0.25, 0.3) is 0 Å². The van der Waals surface area contributed by atoms with E-state index in [0.717, 1.165) is 0 Å². The number of benzene rings is 1. The minimum absolute atomic E-state index is 0.0233. The zero-order chi connectivity index (χ0) is 14.6. The Hall–Kier alpha value is -0.630. The van der Waals surface area contributed by atoms with Crippen LogP contribution >= 0.6 is 11.8 Å². The summed E-state index contributed by atoms with van der Waals surface area (Å²) >= 11 is 1.57. The molecular weight excluding hydrogens is 287 g/mol. The molecule has 0 radical (unpaired) electrons. The van der Waals surface area contributed by atoms with Crippen LogP contribution in [0.25, 0.3) is 0 Å². The molecule has 0 spiro atoms. The smallest absolute Gasteiger partial charge is 0.242 e. The van der Waals surface area contributed by atoms with Crippen LogP contribution in [0.5, 0.6) is 0 Å². The predicted octanol–water partition coefficient (Wildman–Crippen LogP) is 1.58. The van der Waals surface area contributed by atoms with E-state index in [2.05, 4.69) is 0 Å². The van der Waals surface area contributed by atoms with Crippen molar-refractivity contribution in [3.05, 3.63) is 29.1 Å². The van der Waals surface area contributed by atoms with Gasteiger partial charge in [0, 0.05) is 31.5 Å². The van der Waals surface area contributed by atoms with Crippen molar-refractivity contribution < 1.29 is 12.8 Å². The fourth-order valence-electron chi connectivity index (χ4n) is 1.62. The van der Waals surface area contributed by atoms with Crippen molar-refractivity contribution in [2.24, 2.45) is 5.73 Å². The summed E-state index contributed by atoms with van der Waals surface area (Å²) in [4.78, 5) is 0.0930. The molecule has 1 aromatic rings. The topological polar surface area (TPSA) is 63.4 Å². The molecule has 0 saturated heterocycles. The summed E-state index contributed by atoms with van der Waals surface area (Å²) in [7, 11) is -2.07. The lowest BCUT2D eigenvalue weighted by Gasteiger charge is -2.18. The molecule has 4 nitrogen and oxygen atoms in total. The molecule has 0 heterocycles. The molecule has 2 N–H and O–H groups in total. The number of nitrogens with two attached hydrogens (primary N) is 1. The molecule has 0 unspecified atom stereocenters. The first-order chi connectivity index (χ1) is 8.84. The summed E-state index contributed by atoms with van der Waals surface area (Å²) < 4.78 is 39.6. The molecule has 1 aromatic carbocycles. The monoisotopic (exact) mass is 306 g/mol. The Labute approximate surface area is 118 Å². The summed E-state index contributed by atoms with van der Waals surface area (Å²) in [5, 5.41) is 0. The fraction of sp³-hybridized carbons (Fsp3) is 0.500. The molecule has 0 saturated carbocycles. The molecular formula is C12H19FN2O2S2. The van der Waals surface area contributed by atoms with Crippen LogP contribution in [0.3, 0.4) is 0 Å². The van der Waals surface area contributed by atoms with Crippen molar-refractivity contribution in [1.82, 2.24) is 4.31 Å². The van der Waals surface area contributed by atoms with Gasteiger partial charge < -0.3 is 5.73 Å². The van der Waals surface area contributed by atoms with Crippen LogP contribution < -0.4 is 5.73 Å².